The minimum absolute atomic E-state index is 0.187. The van der Waals surface area contributed by atoms with Crippen LogP contribution in [0.1, 0.15) is 61.9 Å². The molecule has 0 unspecified atom stereocenters. The third-order valence-electron chi connectivity index (χ3n) is 6.71. The number of hydrogen-bond acceptors (Lipinski definition) is 7. The van der Waals surface area contributed by atoms with Crippen molar-refractivity contribution in [1.29, 1.82) is 0 Å². The molecule has 4 aromatic rings. The number of nitrogens with zero attached hydrogens (tertiary/aromatic N) is 2. The summed E-state index contributed by atoms with van der Waals surface area (Å²) in [5.41, 5.74) is 3.89. The van der Waals surface area contributed by atoms with E-state index in [9.17, 15) is 14.4 Å². The predicted octanol–water partition coefficient (Wildman–Crippen LogP) is 4.98. The summed E-state index contributed by atoms with van der Waals surface area (Å²) in [6, 6.07) is 23.7. The highest BCUT2D eigenvalue weighted by Crippen LogP contribution is 2.35. The zero-order valence-corrected chi connectivity index (χ0v) is 24.1. The molecule has 0 aliphatic carbocycles. The smallest absolute Gasteiger partial charge is 0.338 e. The minimum atomic E-state index is -0.740. The van der Waals surface area contributed by atoms with Crippen LogP contribution in [0.4, 0.5) is 0 Å². The molecule has 0 spiro atoms. The Balaban J connectivity index is 1.77. The molecular weight excluding hydrogens is 536 g/mol. The summed E-state index contributed by atoms with van der Waals surface area (Å²) in [7, 11) is 0. The van der Waals surface area contributed by atoms with Gasteiger partial charge in [0.1, 0.15) is 5.75 Å². The van der Waals surface area contributed by atoms with E-state index in [1.54, 1.807) is 35.8 Å². The van der Waals surface area contributed by atoms with Crippen molar-refractivity contribution in [2.75, 3.05) is 6.61 Å². The van der Waals surface area contributed by atoms with Crippen LogP contribution in [-0.4, -0.2) is 23.1 Å². The maximum absolute atomic E-state index is 14.0. The number of thiazole rings is 1. The maximum atomic E-state index is 14.0. The summed E-state index contributed by atoms with van der Waals surface area (Å²) in [6.07, 6.45) is 1.74. The van der Waals surface area contributed by atoms with Crippen LogP contribution in [0.2, 0.25) is 0 Å². The van der Waals surface area contributed by atoms with E-state index in [1.807, 2.05) is 60.7 Å². The Kier molecular flexibility index (Phi) is 8.12. The molecule has 0 saturated heterocycles. The van der Waals surface area contributed by atoms with Crippen LogP contribution in [0, 0.1) is 0 Å². The van der Waals surface area contributed by atoms with Crippen molar-refractivity contribution in [1.82, 2.24) is 4.57 Å². The van der Waals surface area contributed by atoms with Gasteiger partial charge in [-0.25, -0.2) is 9.79 Å². The molecule has 0 radical (unpaired) electrons. The molecule has 41 heavy (non-hydrogen) atoms. The van der Waals surface area contributed by atoms with E-state index < -0.39 is 18.0 Å². The highest BCUT2D eigenvalue weighted by molar-refractivity contribution is 7.07. The molecule has 1 atom stereocenters. The Hall–Kier alpha value is -4.56. The van der Waals surface area contributed by atoms with E-state index in [2.05, 4.69) is 13.8 Å². The standard InChI is InChI=1S/C33H30N2O5S/c1-5-39-32(38)28-29(24-11-7-6-8-12-24)34-33-35(30(28)25-16-14-23(15-17-25)20(2)3)31(37)27(41-33)19-22-10-9-13-26(18-22)40-21(4)36/h6-20,30H,5H2,1-4H3/b27-19-/t30-/m0/s1. The van der Waals surface area contributed by atoms with Crippen molar-refractivity contribution in [2.24, 2.45) is 4.99 Å². The SMILES string of the molecule is CCOC(=O)C1=C(c2ccccc2)N=c2s/c(=C\c3cccc(OC(C)=O)c3)c(=O)n2[C@H]1c1ccc(C(C)C)cc1. The van der Waals surface area contributed by atoms with Gasteiger partial charge in [-0.1, -0.05) is 91.9 Å². The quantitative estimate of drug-likeness (QED) is 0.233. The van der Waals surface area contributed by atoms with E-state index in [0.717, 1.165) is 16.7 Å². The fourth-order valence-electron chi connectivity index (χ4n) is 4.80. The molecular formula is C33H30N2O5S. The van der Waals surface area contributed by atoms with Crippen molar-refractivity contribution in [2.45, 2.75) is 39.7 Å². The molecule has 5 rings (SSSR count). The predicted molar refractivity (Wildman–Crippen MR) is 159 cm³/mol. The lowest BCUT2D eigenvalue weighted by Gasteiger charge is -2.26. The summed E-state index contributed by atoms with van der Waals surface area (Å²) >= 11 is 1.24. The maximum Gasteiger partial charge on any atom is 0.338 e. The molecule has 1 aliphatic heterocycles. The molecule has 0 bridgehead atoms. The minimum Gasteiger partial charge on any atom is -0.463 e. The molecule has 0 N–H and O–H groups in total. The fourth-order valence-corrected chi connectivity index (χ4v) is 5.81. The van der Waals surface area contributed by atoms with Crippen LogP contribution in [0.25, 0.3) is 11.8 Å². The molecule has 0 fully saturated rings. The van der Waals surface area contributed by atoms with Gasteiger partial charge < -0.3 is 9.47 Å². The number of hydrogen-bond donors (Lipinski definition) is 0. The van der Waals surface area contributed by atoms with Crippen molar-refractivity contribution in [3.63, 3.8) is 0 Å². The normalized spacial score (nSPS) is 15.0. The summed E-state index contributed by atoms with van der Waals surface area (Å²) in [5, 5.41) is 0. The monoisotopic (exact) mass is 566 g/mol. The Morgan fingerprint density at radius 2 is 1.76 bits per heavy atom. The first kappa shape index (κ1) is 28.0. The average Bonchev–Trinajstić information content (AvgIpc) is 3.26. The fraction of sp³-hybridized carbons (Fsp3) is 0.212. The summed E-state index contributed by atoms with van der Waals surface area (Å²) in [5.74, 6) is -0.229. The van der Waals surface area contributed by atoms with Crippen LogP contribution in [0.3, 0.4) is 0 Å². The molecule has 2 heterocycles. The van der Waals surface area contributed by atoms with Gasteiger partial charge in [-0.2, -0.15) is 0 Å². The summed E-state index contributed by atoms with van der Waals surface area (Å²) in [4.78, 5) is 44.4. The highest BCUT2D eigenvalue weighted by Gasteiger charge is 2.35. The number of rotatable bonds is 7. The van der Waals surface area contributed by atoms with Gasteiger partial charge >= 0.3 is 11.9 Å². The van der Waals surface area contributed by atoms with Gasteiger partial charge in [-0.15, -0.1) is 0 Å². The Bertz CT molecular complexity index is 1820. The molecule has 3 aromatic carbocycles. The van der Waals surface area contributed by atoms with Crippen LogP contribution in [-0.2, 0) is 14.3 Å². The first-order valence-electron chi connectivity index (χ1n) is 13.4. The van der Waals surface area contributed by atoms with Gasteiger partial charge in [-0.3, -0.25) is 14.2 Å². The van der Waals surface area contributed by atoms with E-state index in [1.165, 1.54) is 18.3 Å². The summed E-state index contributed by atoms with van der Waals surface area (Å²) < 4.78 is 12.8. The van der Waals surface area contributed by atoms with Crippen LogP contribution < -0.4 is 19.6 Å². The lowest BCUT2D eigenvalue weighted by atomic mass is 9.91. The van der Waals surface area contributed by atoms with Crippen LogP contribution in [0.15, 0.2) is 94.2 Å². The van der Waals surface area contributed by atoms with Gasteiger partial charge in [-0.05, 0) is 47.7 Å². The summed E-state index contributed by atoms with van der Waals surface area (Å²) in [6.45, 7) is 7.51. The van der Waals surface area contributed by atoms with Gasteiger partial charge in [0.25, 0.3) is 5.56 Å². The number of ether oxygens (including phenoxy) is 2. The molecule has 8 heteroatoms. The Labute approximate surface area is 241 Å². The third-order valence-corrected chi connectivity index (χ3v) is 7.69. The zero-order valence-electron chi connectivity index (χ0n) is 23.3. The molecule has 1 aliphatic rings. The molecule has 1 aromatic heterocycles. The second-order valence-electron chi connectivity index (χ2n) is 9.92. The number of fused-ring (bicyclic) bond motifs is 1. The Morgan fingerprint density at radius 1 is 1.02 bits per heavy atom. The van der Waals surface area contributed by atoms with Crippen LogP contribution in [0.5, 0.6) is 5.75 Å². The number of carbonyl (C=O) groups excluding carboxylic acids is 2. The first-order valence-corrected chi connectivity index (χ1v) is 14.2. The van der Waals surface area contributed by atoms with Gasteiger partial charge in [0.15, 0.2) is 4.80 Å². The molecule has 208 valence electrons. The number of aromatic nitrogens is 1. The second kappa shape index (κ2) is 11.9. The first-order chi connectivity index (χ1) is 19.8. The van der Waals surface area contributed by atoms with Gasteiger partial charge in [0.2, 0.25) is 0 Å². The number of benzene rings is 3. The van der Waals surface area contributed by atoms with Crippen molar-refractivity contribution in [3.05, 3.63) is 126 Å². The molecule has 7 nitrogen and oxygen atoms in total. The van der Waals surface area contributed by atoms with Gasteiger partial charge in [0, 0.05) is 12.5 Å². The van der Waals surface area contributed by atoms with Crippen molar-refractivity contribution < 1.29 is 19.1 Å². The van der Waals surface area contributed by atoms with Crippen molar-refractivity contribution >= 4 is 35.0 Å². The van der Waals surface area contributed by atoms with Crippen molar-refractivity contribution in [3.8, 4) is 5.75 Å². The second-order valence-corrected chi connectivity index (χ2v) is 10.9. The molecule has 0 saturated carbocycles. The Morgan fingerprint density at radius 3 is 2.41 bits per heavy atom. The lowest BCUT2D eigenvalue weighted by molar-refractivity contribution is -0.139. The third kappa shape index (κ3) is 5.83. The van der Waals surface area contributed by atoms with Crippen LogP contribution >= 0.6 is 11.3 Å². The topological polar surface area (TPSA) is 87.0 Å². The van der Waals surface area contributed by atoms with E-state index in [4.69, 9.17) is 14.5 Å². The molecule has 0 amide bonds. The zero-order chi connectivity index (χ0) is 29.1. The lowest BCUT2D eigenvalue weighted by Crippen LogP contribution is -2.40. The largest absolute Gasteiger partial charge is 0.463 e. The highest BCUT2D eigenvalue weighted by atomic mass is 32.1. The average molecular weight is 567 g/mol. The van der Waals surface area contributed by atoms with E-state index >= 15 is 0 Å². The number of carbonyl (C=O) groups is 2. The number of esters is 2. The van der Waals surface area contributed by atoms with Gasteiger partial charge in [0.05, 0.1) is 28.5 Å². The van der Waals surface area contributed by atoms with E-state index in [-0.39, 0.29) is 12.2 Å². The van der Waals surface area contributed by atoms with E-state index in [0.29, 0.717) is 37.8 Å².